The molecule has 3 heterocycles. The number of carbonyl (C=O) groups is 1. The van der Waals surface area contributed by atoms with Crippen molar-refractivity contribution in [2.24, 2.45) is 5.73 Å². The first-order valence-electron chi connectivity index (χ1n) is 14.2. The molecule has 1 fully saturated rings. The van der Waals surface area contributed by atoms with Gasteiger partial charge in [-0.1, -0.05) is 6.07 Å². The topological polar surface area (TPSA) is 174 Å². The van der Waals surface area contributed by atoms with Crippen molar-refractivity contribution in [2.75, 3.05) is 23.4 Å². The molecule has 45 heavy (non-hydrogen) atoms. The van der Waals surface area contributed by atoms with Gasteiger partial charge < -0.3 is 25.8 Å². The number of aliphatic hydroxyl groups is 1. The zero-order chi connectivity index (χ0) is 32.3. The molecule has 2 aromatic heterocycles. The molecule has 2 unspecified atom stereocenters. The number of carbonyl (C=O) groups excluding carboxylic acids is 1. The van der Waals surface area contributed by atoms with Crippen molar-refractivity contribution in [1.29, 1.82) is 10.5 Å². The molecule has 0 spiro atoms. The first kappa shape index (κ1) is 31.2. The van der Waals surface area contributed by atoms with Crippen LogP contribution in [0.1, 0.15) is 28.0 Å². The Hall–Kier alpha value is -5.24. The molecule has 0 aliphatic carbocycles. The molecule has 2 aromatic carbocycles. The summed E-state index contributed by atoms with van der Waals surface area (Å²) >= 11 is 0. The Balaban J connectivity index is 1.55. The Bertz CT molecular complexity index is 1860. The highest BCUT2D eigenvalue weighted by atomic mass is 19.1. The number of pyridine rings is 1. The summed E-state index contributed by atoms with van der Waals surface area (Å²) in [6.07, 6.45) is 5.00. The number of nitrogens with zero attached hydrogens (tertiary/aromatic N) is 6. The van der Waals surface area contributed by atoms with Crippen LogP contribution in [0.25, 0.3) is 22.5 Å². The van der Waals surface area contributed by atoms with Crippen molar-refractivity contribution in [1.82, 2.24) is 15.0 Å². The number of halogens is 1. The second kappa shape index (κ2) is 12.8. The molecule has 5 rings (SSSR count). The monoisotopic (exact) mass is 600 g/mol. The Morgan fingerprint density at radius 3 is 2.64 bits per heavy atom. The molecule has 1 aliphatic heterocycles. The predicted molar refractivity (Wildman–Crippen MR) is 174 cm³/mol. The fourth-order valence-corrected chi connectivity index (χ4v) is 5.25. The smallest absolute Gasteiger partial charge is 0.274 e. The number of amides is 1. The van der Waals surface area contributed by atoms with Gasteiger partial charge in [0.2, 0.25) is 0 Å². The molecule has 1 amide bonds. The summed E-state index contributed by atoms with van der Waals surface area (Å²) < 4.78 is 21.4. The molecule has 4 aromatic rings. The predicted octanol–water partition coefficient (Wildman–Crippen LogP) is 0.128. The SMILES string of the molecule is BC(B)(B)Oc1ccc(C#N)c(F)c1-c1nccc(C(=O)Nc2ccc(-c3cnccc3C#N)cc2N2CC(N)CC2CO)n1. The van der Waals surface area contributed by atoms with Crippen LogP contribution < -0.4 is 20.7 Å². The number of rotatable bonds is 8. The van der Waals surface area contributed by atoms with Crippen LogP contribution in [0.3, 0.4) is 0 Å². The summed E-state index contributed by atoms with van der Waals surface area (Å²) in [7, 11) is 5.39. The molecule has 4 N–H and O–H groups in total. The number of nitrogens with two attached hydrogens (primary N) is 1. The van der Waals surface area contributed by atoms with Gasteiger partial charge in [-0.25, -0.2) is 14.4 Å². The molecule has 222 valence electrons. The summed E-state index contributed by atoms with van der Waals surface area (Å²) in [4.78, 5) is 28.3. The normalized spacial score (nSPS) is 16.1. The second-order valence-corrected chi connectivity index (χ2v) is 11.6. The van der Waals surface area contributed by atoms with Gasteiger partial charge in [0.05, 0.1) is 46.8 Å². The fraction of sp³-hybridized carbons (Fsp3) is 0.200. The van der Waals surface area contributed by atoms with E-state index in [1.807, 2.05) is 17.0 Å². The number of aliphatic hydroxyl groups excluding tert-OH is 1. The third-order valence-electron chi connectivity index (χ3n) is 7.22. The fourth-order valence-electron chi connectivity index (χ4n) is 5.25. The highest BCUT2D eigenvalue weighted by molar-refractivity contribution is 6.58. The van der Waals surface area contributed by atoms with Gasteiger partial charge in [-0.15, -0.1) is 0 Å². The van der Waals surface area contributed by atoms with Crippen molar-refractivity contribution in [3.05, 3.63) is 83.7 Å². The van der Waals surface area contributed by atoms with Crippen molar-refractivity contribution in [2.45, 2.75) is 23.8 Å². The molecular formula is C30H28B3FN8O3. The molecular weight excluding hydrogens is 572 g/mol. The van der Waals surface area contributed by atoms with Crippen LogP contribution in [0.5, 0.6) is 5.75 Å². The minimum atomic E-state index is -0.859. The second-order valence-electron chi connectivity index (χ2n) is 11.6. The Morgan fingerprint density at radius 2 is 1.93 bits per heavy atom. The highest BCUT2D eigenvalue weighted by Crippen LogP contribution is 2.37. The van der Waals surface area contributed by atoms with Crippen LogP contribution in [0.4, 0.5) is 15.8 Å². The van der Waals surface area contributed by atoms with Crippen molar-refractivity contribution in [3.63, 3.8) is 0 Å². The summed E-state index contributed by atoms with van der Waals surface area (Å²) in [6, 6.07) is 14.6. The Labute approximate surface area is 262 Å². The first-order chi connectivity index (χ1) is 21.5. The summed E-state index contributed by atoms with van der Waals surface area (Å²) in [5, 5.41) is 31.4. The largest absolute Gasteiger partial charge is 0.513 e. The standard InChI is InChI=1S/C30H28B3FN8O3/c31-30(32,33)45-25-4-2-18(12-36)27(34)26(25)28-39-8-6-23(40-28)29(44)41-22-3-1-16(21-13-38-7-5-17(21)11-35)9-24(22)42-14-19(37)10-20(42)15-43/h1-9,13,19-20,43H,10,14-15,31-33,37H2,(H,41,44). The van der Waals surface area contributed by atoms with Crippen LogP contribution in [-0.2, 0) is 0 Å². The van der Waals surface area contributed by atoms with E-state index in [-0.39, 0.29) is 47.1 Å². The van der Waals surface area contributed by atoms with Crippen molar-refractivity contribution < 1.29 is 19.0 Å². The van der Waals surface area contributed by atoms with Gasteiger partial charge in [0, 0.05) is 42.0 Å². The van der Waals surface area contributed by atoms with Gasteiger partial charge in [0.15, 0.2) is 11.6 Å². The number of hydrogen-bond donors (Lipinski definition) is 3. The quantitative estimate of drug-likeness (QED) is 0.236. The zero-order valence-corrected chi connectivity index (χ0v) is 25.0. The van der Waals surface area contributed by atoms with E-state index >= 15 is 4.39 Å². The number of nitrogens with one attached hydrogen (secondary N) is 1. The summed E-state index contributed by atoms with van der Waals surface area (Å²) in [5.41, 5.74) is 8.56. The number of hydrogen-bond acceptors (Lipinski definition) is 10. The summed E-state index contributed by atoms with van der Waals surface area (Å²) in [5.74, 6) is -1.46. The van der Waals surface area contributed by atoms with E-state index in [4.69, 9.17) is 10.5 Å². The van der Waals surface area contributed by atoms with E-state index in [1.54, 1.807) is 47.9 Å². The molecule has 0 saturated carbocycles. The lowest BCUT2D eigenvalue weighted by atomic mass is 9.52. The van der Waals surface area contributed by atoms with E-state index in [9.17, 15) is 20.4 Å². The number of aromatic nitrogens is 3. The maximum atomic E-state index is 15.5. The molecule has 1 aliphatic rings. The lowest BCUT2D eigenvalue weighted by Crippen LogP contribution is -2.37. The van der Waals surface area contributed by atoms with Gasteiger partial charge in [0.25, 0.3) is 5.91 Å². The van der Waals surface area contributed by atoms with Crippen LogP contribution in [-0.4, -0.2) is 80.0 Å². The van der Waals surface area contributed by atoms with Gasteiger partial charge >= 0.3 is 0 Å². The Morgan fingerprint density at radius 1 is 1.16 bits per heavy atom. The number of anilines is 2. The molecule has 11 nitrogen and oxygen atoms in total. The maximum absolute atomic E-state index is 15.5. The van der Waals surface area contributed by atoms with E-state index < -0.39 is 17.0 Å². The van der Waals surface area contributed by atoms with E-state index in [0.29, 0.717) is 41.0 Å². The Kier molecular flexibility index (Phi) is 8.86. The average molecular weight is 600 g/mol. The molecule has 15 heteroatoms. The van der Waals surface area contributed by atoms with Crippen LogP contribution >= 0.6 is 0 Å². The molecule has 1 saturated heterocycles. The third-order valence-corrected chi connectivity index (χ3v) is 7.22. The lowest BCUT2D eigenvalue weighted by Gasteiger charge is -2.28. The van der Waals surface area contributed by atoms with E-state index in [0.717, 1.165) is 0 Å². The first-order valence-corrected chi connectivity index (χ1v) is 14.2. The molecule has 0 radical (unpaired) electrons. The third kappa shape index (κ3) is 6.65. The molecule has 0 bridgehead atoms. The van der Waals surface area contributed by atoms with Gasteiger partial charge in [0.1, 0.15) is 41.1 Å². The zero-order valence-electron chi connectivity index (χ0n) is 25.0. The van der Waals surface area contributed by atoms with Crippen LogP contribution in [0.15, 0.2) is 61.1 Å². The average Bonchev–Trinajstić information content (AvgIpc) is 3.41. The van der Waals surface area contributed by atoms with Crippen molar-refractivity contribution in [3.8, 4) is 40.4 Å². The van der Waals surface area contributed by atoms with Crippen LogP contribution in [0.2, 0.25) is 0 Å². The van der Waals surface area contributed by atoms with E-state index in [1.165, 1.54) is 30.6 Å². The van der Waals surface area contributed by atoms with Crippen molar-refractivity contribution >= 4 is 40.8 Å². The van der Waals surface area contributed by atoms with E-state index in [2.05, 4.69) is 26.3 Å². The summed E-state index contributed by atoms with van der Waals surface area (Å²) in [6.45, 7) is 0.279. The maximum Gasteiger partial charge on any atom is 0.274 e. The number of nitriles is 2. The minimum Gasteiger partial charge on any atom is -0.513 e. The van der Waals surface area contributed by atoms with Gasteiger partial charge in [-0.3, -0.25) is 9.78 Å². The lowest BCUT2D eigenvalue weighted by molar-refractivity contribution is 0.102. The minimum absolute atomic E-state index is 0.0608. The van der Waals surface area contributed by atoms with Gasteiger partial charge in [-0.05, 0) is 48.4 Å². The number of ether oxygens (including phenoxy) is 1. The number of benzene rings is 2. The highest BCUT2D eigenvalue weighted by Gasteiger charge is 2.32. The molecule has 2 atom stereocenters. The van der Waals surface area contributed by atoms with Crippen LogP contribution in [0, 0.1) is 28.5 Å². The van der Waals surface area contributed by atoms with Gasteiger partial charge in [-0.2, -0.15) is 10.5 Å².